The van der Waals surface area contributed by atoms with E-state index in [2.05, 4.69) is 16.0 Å². The van der Waals surface area contributed by atoms with Gasteiger partial charge in [-0.3, -0.25) is 19.2 Å². The Labute approximate surface area is 257 Å². The Morgan fingerprint density at radius 3 is 2.09 bits per heavy atom. The number of benzene rings is 3. The van der Waals surface area contributed by atoms with Gasteiger partial charge in [0.2, 0.25) is 17.7 Å². The van der Waals surface area contributed by atoms with Crippen molar-refractivity contribution in [1.29, 1.82) is 0 Å². The number of ether oxygens (including phenoxy) is 2. The molecule has 2 aliphatic rings. The van der Waals surface area contributed by atoms with Crippen molar-refractivity contribution in [2.75, 3.05) is 13.7 Å². The Bertz CT molecular complexity index is 1560. The average Bonchev–Trinajstić information content (AvgIpc) is 3.63. The molecule has 0 aromatic heterocycles. The molecule has 228 valence electrons. The first-order valence-electron chi connectivity index (χ1n) is 14.7. The zero-order valence-electron chi connectivity index (χ0n) is 25.1. The summed E-state index contributed by atoms with van der Waals surface area (Å²) in [5, 5.41) is 8.46. The Balaban J connectivity index is 1.30. The predicted octanol–water partition coefficient (Wildman–Crippen LogP) is 2.95. The number of epoxide rings is 1. The molecule has 1 fully saturated rings. The zero-order valence-corrected chi connectivity index (χ0v) is 25.1. The van der Waals surface area contributed by atoms with E-state index >= 15 is 0 Å². The quantitative estimate of drug-likeness (QED) is 0.261. The molecule has 4 atom stereocenters. The maximum Gasteiger partial charge on any atom is 0.248 e. The van der Waals surface area contributed by atoms with Gasteiger partial charge < -0.3 is 25.4 Å². The second kappa shape index (κ2) is 13.3. The van der Waals surface area contributed by atoms with E-state index in [9.17, 15) is 19.2 Å². The summed E-state index contributed by atoms with van der Waals surface area (Å²) in [5.74, 6) is -0.946. The van der Waals surface area contributed by atoms with Gasteiger partial charge in [0, 0.05) is 18.4 Å². The lowest BCUT2D eigenvalue weighted by molar-refractivity contribution is -0.133. The van der Waals surface area contributed by atoms with Crippen molar-refractivity contribution in [3.63, 3.8) is 0 Å². The summed E-state index contributed by atoms with van der Waals surface area (Å²) in [6.07, 6.45) is 2.74. The fourth-order valence-corrected chi connectivity index (χ4v) is 5.23. The van der Waals surface area contributed by atoms with Gasteiger partial charge in [-0.2, -0.15) is 0 Å². The number of Topliss-reactive ketones (excluding diaryl/α,β-unsaturated/α-hetero) is 1. The molecule has 0 radical (unpaired) electrons. The van der Waals surface area contributed by atoms with Gasteiger partial charge in [0.15, 0.2) is 5.78 Å². The maximum absolute atomic E-state index is 13.8. The van der Waals surface area contributed by atoms with Gasteiger partial charge >= 0.3 is 0 Å². The third kappa shape index (κ3) is 7.41. The standard InChI is InChI=1S/C35H37N3O6/c1-22(36-33(41)27-19-25-11-7-8-12-26(25)20-27)32(40)38-30(18-24-13-15-28(43-3)16-14-24)34(42)37-29(31(39)35(2)21-44-35)17-23-9-5-4-6-10-23/h4-16,19,22,29-30H,17-18,20-21H2,1-3H3,(H,36,41)(H,37,42)(H,38,40)/t22-,29+,30+,35-/m1/s1. The number of amides is 3. The second-order valence-electron chi connectivity index (χ2n) is 11.5. The number of ketones is 1. The molecule has 1 heterocycles. The fourth-order valence-electron chi connectivity index (χ4n) is 5.23. The molecule has 1 saturated heterocycles. The highest BCUT2D eigenvalue weighted by Gasteiger charge is 2.50. The summed E-state index contributed by atoms with van der Waals surface area (Å²) < 4.78 is 10.7. The van der Waals surface area contributed by atoms with Gasteiger partial charge in [0.05, 0.1) is 19.8 Å². The lowest BCUT2D eigenvalue weighted by Crippen LogP contribution is -2.57. The summed E-state index contributed by atoms with van der Waals surface area (Å²) in [5.41, 5.74) is 3.31. The van der Waals surface area contributed by atoms with Crippen molar-refractivity contribution in [1.82, 2.24) is 16.0 Å². The lowest BCUT2D eigenvalue weighted by Gasteiger charge is -2.25. The normalized spacial score (nSPS) is 18.6. The summed E-state index contributed by atoms with van der Waals surface area (Å²) in [6, 6.07) is 21.5. The van der Waals surface area contributed by atoms with E-state index in [1.54, 1.807) is 33.1 Å². The van der Waals surface area contributed by atoms with Crippen molar-refractivity contribution in [3.8, 4) is 5.75 Å². The molecule has 1 aliphatic carbocycles. The van der Waals surface area contributed by atoms with Crippen LogP contribution in [0.15, 0.2) is 84.4 Å². The molecule has 3 aromatic carbocycles. The van der Waals surface area contributed by atoms with Crippen molar-refractivity contribution >= 4 is 29.6 Å². The van der Waals surface area contributed by atoms with Crippen molar-refractivity contribution < 1.29 is 28.7 Å². The van der Waals surface area contributed by atoms with Crippen LogP contribution in [-0.4, -0.2) is 60.9 Å². The summed E-state index contributed by atoms with van der Waals surface area (Å²) in [7, 11) is 1.56. The smallest absolute Gasteiger partial charge is 0.248 e. The Hall–Kier alpha value is -4.76. The highest BCUT2D eigenvalue weighted by atomic mass is 16.6. The minimum atomic E-state index is -1.02. The van der Waals surface area contributed by atoms with E-state index in [1.807, 2.05) is 72.8 Å². The Morgan fingerprint density at radius 2 is 1.43 bits per heavy atom. The molecule has 3 N–H and O–H groups in total. The van der Waals surface area contributed by atoms with Gasteiger partial charge in [-0.15, -0.1) is 0 Å². The van der Waals surface area contributed by atoms with Crippen LogP contribution in [0.5, 0.6) is 5.75 Å². The minimum absolute atomic E-state index is 0.155. The van der Waals surface area contributed by atoms with Crippen LogP contribution in [0.25, 0.3) is 6.08 Å². The molecular formula is C35H37N3O6. The highest BCUT2D eigenvalue weighted by Crippen LogP contribution is 2.29. The summed E-state index contributed by atoms with van der Waals surface area (Å²) in [4.78, 5) is 53.5. The Kier molecular flexibility index (Phi) is 9.25. The van der Waals surface area contributed by atoms with Gasteiger partial charge in [-0.1, -0.05) is 66.7 Å². The van der Waals surface area contributed by atoms with Crippen LogP contribution in [0.4, 0.5) is 0 Å². The topological polar surface area (TPSA) is 126 Å². The van der Waals surface area contributed by atoms with Crippen LogP contribution < -0.4 is 20.7 Å². The van der Waals surface area contributed by atoms with Crippen LogP contribution in [0.3, 0.4) is 0 Å². The lowest BCUT2D eigenvalue weighted by atomic mass is 9.94. The number of nitrogens with one attached hydrogen (secondary N) is 3. The third-order valence-electron chi connectivity index (χ3n) is 8.04. The molecular weight excluding hydrogens is 558 g/mol. The number of rotatable bonds is 13. The average molecular weight is 596 g/mol. The molecule has 5 rings (SSSR count). The number of hydrogen-bond acceptors (Lipinski definition) is 6. The minimum Gasteiger partial charge on any atom is -0.497 e. The van der Waals surface area contributed by atoms with Crippen LogP contribution >= 0.6 is 0 Å². The number of carbonyl (C=O) groups is 4. The SMILES string of the molecule is COc1ccc(C[C@H](NC(=O)[C@@H](C)NC(=O)C2=Cc3ccccc3C2)C(=O)N[C@@H](Cc2ccccc2)C(=O)[C@@]2(C)CO2)cc1. The molecule has 3 amide bonds. The van der Waals surface area contributed by atoms with Gasteiger partial charge in [-0.05, 0) is 60.7 Å². The molecule has 0 saturated carbocycles. The summed E-state index contributed by atoms with van der Waals surface area (Å²) in [6.45, 7) is 3.57. The first kappa shape index (κ1) is 30.7. The number of hydrogen-bond donors (Lipinski definition) is 3. The van der Waals surface area contributed by atoms with Crippen LogP contribution in [-0.2, 0) is 43.2 Å². The van der Waals surface area contributed by atoms with E-state index in [0.29, 0.717) is 17.7 Å². The molecule has 3 aromatic rings. The van der Waals surface area contributed by atoms with Crippen molar-refractivity contribution in [2.45, 2.75) is 56.8 Å². The fraction of sp³-hybridized carbons (Fsp3) is 0.314. The van der Waals surface area contributed by atoms with E-state index in [1.165, 1.54) is 0 Å². The van der Waals surface area contributed by atoms with Crippen LogP contribution in [0.1, 0.15) is 36.1 Å². The van der Waals surface area contributed by atoms with Gasteiger partial charge in [0.25, 0.3) is 0 Å². The van der Waals surface area contributed by atoms with E-state index in [0.717, 1.165) is 22.3 Å². The van der Waals surface area contributed by atoms with E-state index < -0.39 is 35.5 Å². The third-order valence-corrected chi connectivity index (χ3v) is 8.04. The molecule has 0 unspecified atom stereocenters. The van der Waals surface area contributed by atoms with Crippen molar-refractivity contribution in [3.05, 3.63) is 107 Å². The number of methoxy groups -OCH3 is 1. The molecule has 9 heteroatoms. The number of fused-ring (bicyclic) bond motifs is 1. The molecule has 0 spiro atoms. The highest BCUT2D eigenvalue weighted by molar-refractivity contribution is 6.03. The van der Waals surface area contributed by atoms with E-state index in [4.69, 9.17) is 9.47 Å². The summed E-state index contributed by atoms with van der Waals surface area (Å²) >= 11 is 0. The molecule has 1 aliphatic heterocycles. The Morgan fingerprint density at radius 1 is 0.818 bits per heavy atom. The van der Waals surface area contributed by atoms with E-state index in [-0.39, 0.29) is 31.1 Å². The zero-order chi connectivity index (χ0) is 31.3. The molecule has 9 nitrogen and oxygen atoms in total. The van der Waals surface area contributed by atoms with Crippen LogP contribution in [0.2, 0.25) is 0 Å². The first-order valence-corrected chi connectivity index (χ1v) is 14.7. The van der Waals surface area contributed by atoms with Gasteiger partial charge in [0.1, 0.15) is 23.4 Å². The maximum atomic E-state index is 13.8. The second-order valence-corrected chi connectivity index (χ2v) is 11.5. The number of carbonyl (C=O) groups excluding carboxylic acids is 4. The van der Waals surface area contributed by atoms with Crippen LogP contribution in [0, 0.1) is 0 Å². The molecule has 0 bridgehead atoms. The predicted molar refractivity (Wildman–Crippen MR) is 166 cm³/mol. The van der Waals surface area contributed by atoms with Gasteiger partial charge in [-0.25, -0.2) is 0 Å². The monoisotopic (exact) mass is 595 g/mol. The largest absolute Gasteiger partial charge is 0.497 e. The first-order chi connectivity index (χ1) is 21.1. The molecule has 44 heavy (non-hydrogen) atoms. The van der Waals surface area contributed by atoms with Crippen molar-refractivity contribution in [2.24, 2.45) is 0 Å².